The number of halogens is 2. The lowest BCUT2D eigenvalue weighted by atomic mass is 9.51. The van der Waals surface area contributed by atoms with Crippen LogP contribution in [0.25, 0.3) is 0 Å². The van der Waals surface area contributed by atoms with E-state index in [9.17, 15) is 33.5 Å². The van der Waals surface area contributed by atoms with Gasteiger partial charge in [0.05, 0.1) is 39.6 Å². The van der Waals surface area contributed by atoms with E-state index in [1.54, 1.807) is 43.3 Å². The molecule has 0 radical (unpaired) electrons. The third kappa shape index (κ3) is 4.13. The largest absolute Gasteiger partial charge is 0.508 e. The number of ketones is 1. The first-order chi connectivity index (χ1) is 21.4. The summed E-state index contributed by atoms with van der Waals surface area (Å²) in [6, 6.07) is 16.5. The molecule has 2 aliphatic heterocycles. The standard InChI is InChI=1S/C35H28ClFN2O6/c1-17(40)18-3-7-20(8-4-18)38-31(42)24-13-12-23-25(29(24)33(38)44)16-26-32(43)39(21-9-14-28(37)27(36)15-21)34(45)35(26,2)30(23)19-5-10-22(41)11-6-19/h3-12,14-15,24-26,29-30,41H,13,16H2,1-2H3. The smallest absolute Gasteiger partial charge is 0.241 e. The first-order valence-corrected chi connectivity index (χ1v) is 15.1. The van der Waals surface area contributed by atoms with Crippen LogP contribution in [0.3, 0.4) is 0 Å². The Morgan fingerprint density at radius 2 is 1.56 bits per heavy atom. The van der Waals surface area contributed by atoms with Gasteiger partial charge >= 0.3 is 0 Å². The molecule has 0 bridgehead atoms. The van der Waals surface area contributed by atoms with E-state index in [1.807, 2.05) is 6.08 Å². The summed E-state index contributed by atoms with van der Waals surface area (Å²) in [6.07, 6.45) is 2.37. The number of hydrogen-bond acceptors (Lipinski definition) is 6. The Kier molecular flexibility index (Phi) is 6.60. The van der Waals surface area contributed by atoms with Crippen molar-refractivity contribution < 1.29 is 33.5 Å². The van der Waals surface area contributed by atoms with Gasteiger partial charge in [-0.1, -0.05) is 35.4 Å². The molecule has 6 unspecified atom stereocenters. The van der Waals surface area contributed by atoms with Gasteiger partial charge in [-0.05, 0) is 92.8 Å². The van der Waals surface area contributed by atoms with Gasteiger partial charge in [0.1, 0.15) is 11.6 Å². The zero-order chi connectivity index (χ0) is 31.9. The Morgan fingerprint density at radius 3 is 2.20 bits per heavy atom. The number of aromatic hydroxyl groups is 1. The fourth-order valence-corrected chi connectivity index (χ4v) is 8.21. The van der Waals surface area contributed by atoms with Crippen molar-refractivity contribution in [3.8, 4) is 5.75 Å². The number of nitrogens with zero attached hydrogens (tertiary/aromatic N) is 2. The number of phenols is 1. The summed E-state index contributed by atoms with van der Waals surface area (Å²) in [5.41, 5.74) is 1.18. The third-order valence-electron chi connectivity index (χ3n) is 10.2. The van der Waals surface area contributed by atoms with Gasteiger partial charge in [-0.2, -0.15) is 0 Å². The molecule has 2 heterocycles. The van der Waals surface area contributed by atoms with E-state index in [4.69, 9.17) is 11.6 Å². The highest BCUT2D eigenvalue weighted by Gasteiger charge is 2.67. The van der Waals surface area contributed by atoms with E-state index >= 15 is 0 Å². The van der Waals surface area contributed by atoms with Crippen LogP contribution in [-0.2, 0) is 19.2 Å². The molecule has 3 aromatic carbocycles. The molecule has 4 aliphatic rings. The molecule has 45 heavy (non-hydrogen) atoms. The molecule has 2 aliphatic carbocycles. The summed E-state index contributed by atoms with van der Waals surface area (Å²) < 4.78 is 14.0. The van der Waals surface area contributed by atoms with Gasteiger partial charge in [-0.15, -0.1) is 0 Å². The number of phenolic OH excluding ortho intramolecular Hbond substituents is 1. The second-order valence-corrected chi connectivity index (χ2v) is 12.9. The maximum absolute atomic E-state index is 14.4. The molecule has 4 amide bonds. The number of imide groups is 2. The Bertz CT molecular complexity index is 1850. The molecule has 1 N–H and O–H groups in total. The van der Waals surface area contributed by atoms with Crippen molar-refractivity contribution in [2.45, 2.75) is 32.6 Å². The van der Waals surface area contributed by atoms with Crippen LogP contribution >= 0.6 is 11.6 Å². The van der Waals surface area contributed by atoms with E-state index in [2.05, 4.69) is 0 Å². The first-order valence-electron chi connectivity index (χ1n) is 14.7. The molecular weight excluding hydrogens is 599 g/mol. The van der Waals surface area contributed by atoms with Crippen molar-refractivity contribution in [3.63, 3.8) is 0 Å². The Morgan fingerprint density at radius 1 is 0.889 bits per heavy atom. The number of hydrogen-bond donors (Lipinski definition) is 1. The van der Waals surface area contributed by atoms with Crippen LogP contribution in [0.15, 0.2) is 78.4 Å². The number of anilines is 2. The van der Waals surface area contributed by atoms with Crippen molar-refractivity contribution in [2.24, 2.45) is 29.1 Å². The van der Waals surface area contributed by atoms with Gasteiger partial charge < -0.3 is 5.11 Å². The number of benzene rings is 3. The topological polar surface area (TPSA) is 112 Å². The Hall–Kier alpha value is -4.63. The van der Waals surface area contributed by atoms with E-state index < -0.39 is 52.6 Å². The zero-order valence-electron chi connectivity index (χ0n) is 24.4. The monoisotopic (exact) mass is 626 g/mol. The summed E-state index contributed by atoms with van der Waals surface area (Å²) in [5.74, 6) is -5.91. The van der Waals surface area contributed by atoms with Gasteiger partial charge in [0.25, 0.3) is 0 Å². The van der Waals surface area contributed by atoms with E-state index in [0.29, 0.717) is 16.8 Å². The summed E-state index contributed by atoms with van der Waals surface area (Å²) in [7, 11) is 0. The van der Waals surface area contributed by atoms with E-state index in [0.717, 1.165) is 16.5 Å². The third-order valence-corrected chi connectivity index (χ3v) is 10.5. The van der Waals surface area contributed by atoms with Gasteiger partial charge in [0, 0.05) is 11.5 Å². The summed E-state index contributed by atoms with van der Waals surface area (Å²) in [6.45, 7) is 3.18. The highest BCUT2D eigenvalue weighted by atomic mass is 35.5. The predicted octanol–water partition coefficient (Wildman–Crippen LogP) is 5.82. The molecule has 2 saturated heterocycles. The normalized spacial score (nSPS) is 29.0. The van der Waals surface area contributed by atoms with Crippen LogP contribution in [0.5, 0.6) is 5.75 Å². The van der Waals surface area contributed by atoms with Gasteiger partial charge in [-0.3, -0.25) is 28.9 Å². The molecule has 6 atom stereocenters. The second kappa shape index (κ2) is 10.2. The predicted molar refractivity (Wildman–Crippen MR) is 163 cm³/mol. The first kappa shape index (κ1) is 29.1. The molecule has 3 aromatic rings. The molecule has 0 aromatic heterocycles. The molecule has 228 valence electrons. The molecule has 8 nitrogen and oxygen atoms in total. The van der Waals surface area contributed by atoms with Crippen LogP contribution in [0.1, 0.15) is 48.5 Å². The molecule has 10 heteroatoms. The lowest BCUT2D eigenvalue weighted by Crippen LogP contribution is -2.48. The second-order valence-electron chi connectivity index (χ2n) is 12.5. The number of carbonyl (C=O) groups is 5. The minimum atomic E-state index is -1.28. The van der Waals surface area contributed by atoms with E-state index in [1.165, 1.54) is 36.1 Å². The maximum atomic E-state index is 14.4. The van der Waals surface area contributed by atoms with Crippen LogP contribution in [0, 0.1) is 34.9 Å². The Labute approximate surface area is 263 Å². The van der Waals surface area contributed by atoms with Gasteiger partial charge in [-0.25, -0.2) is 9.29 Å². The summed E-state index contributed by atoms with van der Waals surface area (Å²) >= 11 is 6.05. The average molecular weight is 627 g/mol. The van der Waals surface area contributed by atoms with Gasteiger partial charge in [0.15, 0.2) is 5.78 Å². The highest BCUT2D eigenvalue weighted by molar-refractivity contribution is 6.32. The van der Waals surface area contributed by atoms with Crippen molar-refractivity contribution in [1.29, 1.82) is 0 Å². The number of Topliss-reactive ketones (excluding diaryl/α,β-unsaturated/α-hetero) is 1. The van der Waals surface area contributed by atoms with Crippen LogP contribution < -0.4 is 9.80 Å². The lowest BCUT2D eigenvalue weighted by Gasteiger charge is -2.49. The molecule has 7 rings (SSSR count). The van der Waals surface area contributed by atoms with Crippen molar-refractivity contribution in [1.82, 2.24) is 0 Å². The van der Waals surface area contributed by atoms with Gasteiger partial charge in [0.2, 0.25) is 23.6 Å². The number of fused-ring (bicyclic) bond motifs is 4. The van der Waals surface area contributed by atoms with Crippen LogP contribution in [0.4, 0.5) is 15.8 Å². The zero-order valence-corrected chi connectivity index (χ0v) is 25.1. The Balaban J connectivity index is 1.33. The molecular formula is C35H28ClFN2O6. The lowest BCUT2D eigenvalue weighted by molar-refractivity contribution is -0.131. The average Bonchev–Trinajstić information content (AvgIpc) is 3.38. The van der Waals surface area contributed by atoms with Crippen molar-refractivity contribution in [2.75, 3.05) is 9.80 Å². The van der Waals surface area contributed by atoms with Crippen LogP contribution in [0.2, 0.25) is 5.02 Å². The fourth-order valence-electron chi connectivity index (χ4n) is 8.03. The number of allylic oxidation sites excluding steroid dienone is 2. The summed E-state index contributed by atoms with van der Waals surface area (Å²) in [4.78, 5) is 70.5. The van der Waals surface area contributed by atoms with E-state index in [-0.39, 0.29) is 46.9 Å². The SMILES string of the molecule is CC(=O)c1ccc(N2C(=O)C3CC=C4C(CC5C(=O)N(c6ccc(F)c(Cl)c6)C(=O)C5(C)C4c4ccc(O)cc4)C3C2=O)cc1. The summed E-state index contributed by atoms with van der Waals surface area (Å²) in [5, 5.41) is 9.82. The minimum absolute atomic E-state index is 0.0323. The maximum Gasteiger partial charge on any atom is 0.241 e. The molecule has 3 fully saturated rings. The quantitative estimate of drug-likeness (QED) is 0.222. The highest BCUT2D eigenvalue weighted by Crippen LogP contribution is 2.63. The van der Waals surface area contributed by atoms with Crippen molar-refractivity contribution >= 4 is 52.4 Å². The molecule has 1 saturated carbocycles. The molecule has 0 spiro atoms. The number of carbonyl (C=O) groups excluding carboxylic acids is 5. The minimum Gasteiger partial charge on any atom is -0.508 e. The number of rotatable bonds is 4. The van der Waals surface area contributed by atoms with Crippen molar-refractivity contribution in [3.05, 3.63) is 100 Å². The van der Waals surface area contributed by atoms with Crippen LogP contribution in [-0.4, -0.2) is 34.5 Å². The fraction of sp³-hybridized carbons (Fsp3) is 0.286. The number of amides is 4.